The Morgan fingerprint density at radius 1 is 1.10 bits per heavy atom. The molecule has 1 rings (SSSR count). The van der Waals surface area contributed by atoms with Crippen molar-refractivity contribution in [1.29, 1.82) is 5.26 Å². The number of pyridine rings is 1. The first-order valence-electron chi connectivity index (χ1n) is 8.61. The number of rotatable bonds is 13. The van der Waals surface area contributed by atoms with E-state index in [1.54, 1.807) is 19.2 Å². The number of anilines is 2. The van der Waals surface area contributed by atoms with Crippen molar-refractivity contribution in [2.24, 2.45) is 0 Å². The van der Waals surface area contributed by atoms with Crippen LogP contribution >= 0.6 is 0 Å². The fourth-order valence-corrected chi connectivity index (χ4v) is 3.34. The van der Waals surface area contributed by atoms with Crippen molar-refractivity contribution in [3.8, 4) is 6.07 Å². The zero-order valence-electron chi connectivity index (χ0n) is 16.7. The Bertz CT molecular complexity index is 853. The molecule has 0 aliphatic carbocycles. The molecule has 0 unspecified atom stereocenters. The highest BCUT2D eigenvalue weighted by Gasteiger charge is 2.13. The van der Waals surface area contributed by atoms with Crippen LogP contribution in [-0.2, 0) is 29.2 Å². The van der Waals surface area contributed by atoms with Gasteiger partial charge in [-0.1, -0.05) is 0 Å². The van der Waals surface area contributed by atoms with Gasteiger partial charge in [-0.05, 0) is 31.0 Å². The SMILES string of the molecule is CC#N.COCCCNc1cc(C)cc(NCCS(=O)(=O)CCOS(=O)(=O)O)n1. The van der Waals surface area contributed by atoms with E-state index >= 15 is 0 Å². The summed E-state index contributed by atoms with van der Waals surface area (Å²) in [6, 6.07) is 5.41. The van der Waals surface area contributed by atoms with E-state index < -0.39 is 32.6 Å². The number of nitrogens with one attached hydrogen (secondary N) is 2. The summed E-state index contributed by atoms with van der Waals surface area (Å²) in [5.41, 5.74) is 0.959. The van der Waals surface area contributed by atoms with E-state index in [9.17, 15) is 16.8 Å². The third-order valence-electron chi connectivity index (χ3n) is 3.15. The average molecular weight is 453 g/mol. The van der Waals surface area contributed by atoms with Crippen LogP contribution in [0.2, 0.25) is 0 Å². The summed E-state index contributed by atoms with van der Waals surface area (Å²) in [5.74, 6) is 0.465. The maximum atomic E-state index is 11.8. The molecule has 0 radical (unpaired) electrons. The van der Waals surface area contributed by atoms with E-state index in [1.807, 2.05) is 13.0 Å². The molecule has 1 aromatic heterocycles. The van der Waals surface area contributed by atoms with Crippen LogP contribution in [0.5, 0.6) is 0 Å². The third kappa shape index (κ3) is 15.6. The molecule has 0 bridgehead atoms. The maximum Gasteiger partial charge on any atom is 0.397 e. The fourth-order valence-electron chi connectivity index (χ4n) is 1.98. The first-order valence-corrected chi connectivity index (χ1v) is 11.8. The summed E-state index contributed by atoms with van der Waals surface area (Å²) in [7, 11) is -6.54. The van der Waals surface area contributed by atoms with Crippen LogP contribution in [0.4, 0.5) is 11.6 Å². The maximum absolute atomic E-state index is 11.8. The van der Waals surface area contributed by atoms with Crippen LogP contribution in [-0.4, -0.2) is 71.3 Å². The molecule has 0 aliphatic rings. The fraction of sp³-hybridized carbons (Fsp3) is 0.625. The lowest BCUT2D eigenvalue weighted by Crippen LogP contribution is -2.22. The number of nitriles is 1. The van der Waals surface area contributed by atoms with Crippen LogP contribution in [0.1, 0.15) is 18.9 Å². The van der Waals surface area contributed by atoms with E-state index in [1.165, 1.54) is 6.92 Å². The summed E-state index contributed by atoms with van der Waals surface area (Å²) in [6.45, 7) is 4.15. The van der Waals surface area contributed by atoms with Crippen LogP contribution in [0.15, 0.2) is 12.1 Å². The predicted molar refractivity (Wildman–Crippen MR) is 110 cm³/mol. The zero-order valence-corrected chi connectivity index (χ0v) is 18.3. The predicted octanol–water partition coefficient (Wildman–Crippen LogP) is 1.01. The number of aromatic nitrogens is 1. The molecule has 166 valence electrons. The van der Waals surface area contributed by atoms with Gasteiger partial charge in [0.15, 0.2) is 9.84 Å². The largest absolute Gasteiger partial charge is 0.397 e. The summed E-state index contributed by atoms with van der Waals surface area (Å²) in [6.07, 6.45) is 0.832. The number of aryl methyl sites for hydroxylation is 1. The summed E-state index contributed by atoms with van der Waals surface area (Å²) in [5, 5.41) is 13.4. The average Bonchev–Trinajstić information content (AvgIpc) is 2.57. The second-order valence-electron chi connectivity index (χ2n) is 5.74. The molecule has 3 N–H and O–H groups in total. The van der Waals surface area contributed by atoms with Crippen molar-refractivity contribution < 1.29 is 30.3 Å². The van der Waals surface area contributed by atoms with Crippen LogP contribution < -0.4 is 10.6 Å². The van der Waals surface area contributed by atoms with E-state index in [4.69, 9.17) is 14.6 Å². The van der Waals surface area contributed by atoms with Crippen molar-refractivity contribution in [1.82, 2.24) is 4.98 Å². The normalized spacial score (nSPS) is 11.1. The number of ether oxygens (including phenoxy) is 1. The van der Waals surface area contributed by atoms with Gasteiger partial charge in [-0.3, -0.25) is 4.55 Å². The van der Waals surface area contributed by atoms with Crippen molar-refractivity contribution in [3.05, 3.63) is 17.7 Å². The van der Waals surface area contributed by atoms with Gasteiger partial charge >= 0.3 is 10.4 Å². The molecular formula is C16H28N4O7S2. The zero-order chi connectivity index (χ0) is 22.3. The molecule has 1 heterocycles. The second kappa shape index (κ2) is 14.1. The second-order valence-corrected chi connectivity index (χ2v) is 9.13. The number of hydrogen-bond donors (Lipinski definition) is 3. The molecular weight excluding hydrogens is 424 g/mol. The first kappa shape index (κ1) is 27.0. The Morgan fingerprint density at radius 3 is 2.17 bits per heavy atom. The van der Waals surface area contributed by atoms with Gasteiger partial charge < -0.3 is 15.4 Å². The van der Waals surface area contributed by atoms with Gasteiger partial charge in [0.25, 0.3) is 0 Å². The highest BCUT2D eigenvalue weighted by Crippen LogP contribution is 2.13. The number of sulfone groups is 1. The molecule has 0 spiro atoms. The number of hydrogen-bond acceptors (Lipinski definition) is 10. The van der Waals surface area contributed by atoms with Crippen molar-refractivity contribution in [2.45, 2.75) is 20.3 Å². The molecule has 0 saturated carbocycles. The van der Waals surface area contributed by atoms with Crippen molar-refractivity contribution >= 4 is 31.9 Å². The van der Waals surface area contributed by atoms with Gasteiger partial charge in [-0.15, -0.1) is 0 Å². The molecule has 0 saturated heterocycles. The van der Waals surface area contributed by atoms with Crippen molar-refractivity contribution in [3.63, 3.8) is 0 Å². The van der Waals surface area contributed by atoms with Gasteiger partial charge in [0.2, 0.25) is 0 Å². The molecule has 0 atom stereocenters. The van der Waals surface area contributed by atoms with Gasteiger partial charge in [0.1, 0.15) is 11.6 Å². The summed E-state index contributed by atoms with van der Waals surface area (Å²) in [4.78, 5) is 4.35. The highest BCUT2D eigenvalue weighted by molar-refractivity contribution is 7.91. The number of nitrogens with zero attached hydrogens (tertiary/aromatic N) is 2. The third-order valence-corrected chi connectivity index (χ3v) is 5.23. The lowest BCUT2D eigenvalue weighted by atomic mass is 10.3. The molecule has 0 aromatic carbocycles. The smallest absolute Gasteiger partial charge is 0.385 e. The van der Waals surface area contributed by atoms with Crippen LogP contribution in [0.3, 0.4) is 0 Å². The molecule has 29 heavy (non-hydrogen) atoms. The Balaban J connectivity index is 0.00000245. The van der Waals surface area contributed by atoms with E-state index in [0.29, 0.717) is 24.8 Å². The Kier molecular flexibility index (Phi) is 13.1. The molecule has 13 heteroatoms. The number of methoxy groups -OCH3 is 1. The van der Waals surface area contributed by atoms with Gasteiger partial charge in [-0.25, -0.2) is 17.6 Å². The molecule has 0 fully saturated rings. The minimum atomic E-state index is -4.64. The lowest BCUT2D eigenvalue weighted by Gasteiger charge is -2.11. The Labute approximate surface area is 172 Å². The van der Waals surface area contributed by atoms with Crippen LogP contribution in [0.25, 0.3) is 0 Å². The monoisotopic (exact) mass is 452 g/mol. The minimum absolute atomic E-state index is 0.105. The molecule has 1 aromatic rings. The highest BCUT2D eigenvalue weighted by atomic mass is 32.3. The van der Waals surface area contributed by atoms with Gasteiger partial charge in [0.05, 0.1) is 24.2 Å². The standard InChI is InChI=1S/C14H25N3O7S2.C2H3N/c1-12-10-13(15-4-3-6-23-2)17-14(11-12)16-5-8-25(18,19)9-7-24-26(20,21)22;1-2-3/h10-11H,3-9H2,1-2H3,(H2,15,16,17)(H,20,21,22);1H3. The van der Waals surface area contributed by atoms with Gasteiger partial charge in [-0.2, -0.15) is 13.7 Å². The summed E-state index contributed by atoms with van der Waals surface area (Å²) >= 11 is 0. The van der Waals surface area contributed by atoms with E-state index in [-0.39, 0.29) is 12.3 Å². The quantitative estimate of drug-likeness (QED) is 0.288. The summed E-state index contributed by atoms with van der Waals surface area (Å²) < 4.78 is 61.8. The molecule has 0 aliphatic heterocycles. The lowest BCUT2D eigenvalue weighted by molar-refractivity contribution is 0.198. The van der Waals surface area contributed by atoms with E-state index in [2.05, 4.69) is 19.8 Å². The minimum Gasteiger partial charge on any atom is -0.385 e. The van der Waals surface area contributed by atoms with Gasteiger partial charge in [0, 0.05) is 33.7 Å². The Hall–Kier alpha value is -1.98. The Morgan fingerprint density at radius 2 is 1.66 bits per heavy atom. The molecule has 11 nitrogen and oxygen atoms in total. The topological polar surface area (TPSA) is 168 Å². The molecule has 0 amide bonds. The van der Waals surface area contributed by atoms with Crippen LogP contribution in [0, 0.1) is 18.3 Å². The first-order chi connectivity index (χ1) is 13.5. The van der Waals surface area contributed by atoms with E-state index in [0.717, 1.165) is 12.0 Å². The van der Waals surface area contributed by atoms with Crippen molar-refractivity contribution in [2.75, 3.05) is 55.6 Å².